The predicted molar refractivity (Wildman–Crippen MR) is 136 cm³/mol. The van der Waals surface area contributed by atoms with Gasteiger partial charge in [-0.1, -0.05) is 37.3 Å². The molecule has 9 nitrogen and oxygen atoms in total. The summed E-state index contributed by atoms with van der Waals surface area (Å²) in [7, 11) is 0. The van der Waals surface area contributed by atoms with E-state index in [-0.39, 0.29) is 11.8 Å². The molecule has 186 valence electrons. The Morgan fingerprint density at radius 2 is 1.86 bits per heavy atom. The first-order chi connectivity index (χ1) is 17.6. The summed E-state index contributed by atoms with van der Waals surface area (Å²) in [5.41, 5.74) is 2.88. The van der Waals surface area contributed by atoms with E-state index in [0.717, 1.165) is 23.4 Å². The van der Waals surface area contributed by atoms with Crippen molar-refractivity contribution in [2.24, 2.45) is 0 Å². The predicted octanol–water partition coefficient (Wildman–Crippen LogP) is 3.02. The van der Waals surface area contributed by atoms with Crippen LogP contribution in [0.15, 0.2) is 65.4 Å². The second-order valence-electron chi connectivity index (χ2n) is 8.96. The molecule has 1 aliphatic heterocycles. The van der Waals surface area contributed by atoms with Crippen molar-refractivity contribution in [3.05, 3.63) is 72.3 Å². The molecule has 1 aromatic carbocycles. The summed E-state index contributed by atoms with van der Waals surface area (Å²) in [5.74, 6) is 0.745. The van der Waals surface area contributed by atoms with Crippen molar-refractivity contribution in [2.75, 3.05) is 39.3 Å². The Labute approximate surface area is 209 Å². The molecule has 0 unspecified atom stereocenters. The normalized spacial score (nSPS) is 14.3. The number of nitrogens with zero attached hydrogens (tertiary/aromatic N) is 5. The minimum Gasteiger partial charge on any atom is -0.467 e. The molecular formula is C27H30N6O3. The third-order valence-corrected chi connectivity index (χ3v) is 6.39. The number of hydrogen-bond donors (Lipinski definition) is 1. The highest BCUT2D eigenvalue weighted by atomic mass is 16.3. The first-order valence-corrected chi connectivity index (χ1v) is 12.3. The van der Waals surface area contributed by atoms with Gasteiger partial charge in [0.2, 0.25) is 5.91 Å². The van der Waals surface area contributed by atoms with Crippen LogP contribution in [0.25, 0.3) is 22.3 Å². The van der Waals surface area contributed by atoms with Crippen LogP contribution in [0.4, 0.5) is 0 Å². The lowest BCUT2D eigenvalue weighted by molar-refractivity contribution is -0.122. The van der Waals surface area contributed by atoms with E-state index in [0.29, 0.717) is 62.4 Å². The molecule has 3 aromatic heterocycles. The number of benzene rings is 1. The molecule has 1 fully saturated rings. The van der Waals surface area contributed by atoms with Crippen LogP contribution in [0.2, 0.25) is 0 Å². The number of aromatic nitrogens is 3. The fraction of sp³-hybridized carbons (Fsp3) is 0.333. The average molecular weight is 487 g/mol. The Hall–Kier alpha value is -3.98. The largest absolute Gasteiger partial charge is 0.467 e. The van der Waals surface area contributed by atoms with Gasteiger partial charge in [-0.25, -0.2) is 9.67 Å². The van der Waals surface area contributed by atoms with Crippen LogP contribution in [-0.4, -0.2) is 75.6 Å². The topological polar surface area (TPSA) is 96.5 Å². The minimum absolute atomic E-state index is 0.0314. The van der Waals surface area contributed by atoms with Crippen LogP contribution >= 0.6 is 0 Å². The van der Waals surface area contributed by atoms with Crippen molar-refractivity contribution in [2.45, 2.75) is 19.9 Å². The first kappa shape index (κ1) is 23.7. The van der Waals surface area contributed by atoms with Gasteiger partial charge < -0.3 is 14.6 Å². The number of nitrogens with one attached hydrogen (secondary N) is 1. The zero-order valence-electron chi connectivity index (χ0n) is 20.4. The van der Waals surface area contributed by atoms with Crippen molar-refractivity contribution < 1.29 is 14.0 Å². The standard InChI is InChI=1S/C27H30N6O3/c1-2-10-28-25(34)19-31-11-13-32(14-12-31)27(35)22-16-24(20-7-4-3-5-8-20)30-26-23(22)17-29-33(26)18-21-9-6-15-36-21/h3-9,15-17H,2,10-14,18-19H2,1H3,(H,28,34). The van der Waals surface area contributed by atoms with Crippen LogP contribution in [0.5, 0.6) is 0 Å². The smallest absolute Gasteiger partial charge is 0.254 e. The molecule has 2 amide bonds. The van der Waals surface area contributed by atoms with Gasteiger partial charge in [-0.3, -0.25) is 14.5 Å². The maximum atomic E-state index is 13.7. The highest BCUT2D eigenvalue weighted by Crippen LogP contribution is 2.26. The van der Waals surface area contributed by atoms with Gasteiger partial charge in [0, 0.05) is 38.3 Å². The van der Waals surface area contributed by atoms with E-state index in [2.05, 4.69) is 15.3 Å². The lowest BCUT2D eigenvalue weighted by atomic mass is 10.1. The van der Waals surface area contributed by atoms with Gasteiger partial charge in [0.25, 0.3) is 5.91 Å². The van der Waals surface area contributed by atoms with Crippen molar-refractivity contribution in [1.82, 2.24) is 29.9 Å². The maximum absolute atomic E-state index is 13.7. The molecule has 36 heavy (non-hydrogen) atoms. The molecule has 0 saturated carbocycles. The number of piperazine rings is 1. The van der Waals surface area contributed by atoms with E-state index in [1.807, 2.05) is 60.4 Å². The van der Waals surface area contributed by atoms with Gasteiger partial charge in [0.1, 0.15) is 12.3 Å². The zero-order valence-corrected chi connectivity index (χ0v) is 20.4. The Morgan fingerprint density at radius 1 is 1.06 bits per heavy atom. The third kappa shape index (κ3) is 5.16. The lowest BCUT2D eigenvalue weighted by Gasteiger charge is -2.34. The number of amides is 2. The van der Waals surface area contributed by atoms with Crippen LogP contribution in [0.1, 0.15) is 29.5 Å². The van der Waals surface area contributed by atoms with Gasteiger partial charge in [-0.15, -0.1) is 0 Å². The van der Waals surface area contributed by atoms with E-state index in [9.17, 15) is 9.59 Å². The molecule has 1 N–H and O–H groups in total. The van der Waals surface area contributed by atoms with E-state index < -0.39 is 0 Å². The second kappa shape index (κ2) is 10.7. The average Bonchev–Trinajstić information content (AvgIpc) is 3.58. The van der Waals surface area contributed by atoms with Crippen LogP contribution in [-0.2, 0) is 11.3 Å². The molecule has 4 heterocycles. The summed E-state index contributed by atoms with van der Waals surface area (Å²) in [6.45, 7) is 5.94. The van der Waals surface area contributed by atoms with Gasteiger partial charge in [-0.05, 0) is 24.6 Å². The van der Waals surface area contributed by atoms with E-state index >= 15 is 0 Å². The summed E-state index contributed by atoms with van der Waals surface area (Å²) in [6.07, 6.45) is 4.25. The van der Waals surface area contributed by atoms with E-state index in [4.69, 9.17) is 9.40 Å². The summed E-state index contributed by atoms with van der Waals surface area (Å²) in [6, 6.07) is 15.4. The number of fused-ring (bicyclic) bond motifs is 1. The Kier molecular flexibility index (Phi) is 7.08. The maximum Gasteiger partial charge on any atom is 0.254 e. The number of hydrogen-bond acceptors (Lipinski definition) is 6. The van der Waals surface area contributed by atoms with Crippen LogP contribution < -0.4 is 5.32 Å². The molecule has 0 aliphatic carbocycles. The number of carbonyl (C=O) groups is 2. The SMILES string of the molecule is CCCNC(=O)CN1CCN(C(=O)c2cc(-c3ccccc3)nc3c2cnn3Cc2ccco2)CC1. The third-order valence-electron chi connectivity index (χ3n) is 6.39. The molecule has 1 aliphatic rings. The molecule has 0 bridgehead atoms. The highest BCUT2D eigenvalue weighted by Gasteiger charge is 2.26. The minimum atomic E-state index is -0.0489. The molecule has 1 saturated heterocycles. The second-order valence-corrected chi connectivity index (χ2v) is 8.96. The summed E-state index contributed by atoms with van der Waals surface area (Å²) >= 11 is 0. The first-order valence-electron chi connectivity index (χ1n) is 12.3. The molecule has 4 aromatic rings. The van der Waals surface area contributed by atoms with Gasteiger partial charge in [0.15, 0.2) is 5.65 Å². The van der Waals surface area contributed by atoms with Crippen LogP contribution in [0.3, 0.4) is 0 Å². The van der Waals surface area contributed by atoms with Gasteiger partial charge in [0.05, 0.1) is 35.6 Å². The molecule has 5 rings (SSSR count). The molecule has 0 atom stereocenters. The van der Waals surface area contributed by atoms with Gasteiger partial charge >= 0.3 is 0 Å². The van der Waals surface area contributed by atoms with E-state index in [1.165, 1.54) is 0 Å². The highest BCUT2D eigenvalue weighted by molar-refractivity contribution is 6.06. The zero-order chi connectivity index (χ0) is 24.9. The number of carbonyl (C=O) groups excluding carboxylic acids is 2. The number of pyridine rings is 1. The van der Waals surface area contributed by atoms with Crippen molar-refractivity contribution in [3.8, 4) is 11.3 Å². The molecule has 9 heteroatoms. The number of furan rings is 1. The van der Waals surface area contributed by atoms with Crippen molar-refractivity contribution in [3.63, 3.8) is 0 Å². The Balaban J connectivity index is 1.40. The van der Waals surface area contributed by atoms with Crippen molar-refractivity contribution >= 4 is 22.8 Å². The summed E-state index contributed by atoms with van der Waals surface area (Å²) in [4.78, 5) is 34.6. The van der Waals surface area contributed by atoms with E-state index in [1.54, 1.807) is 17.1 Å². The summed E-state index contributed by atoms with van der Waals surface area (Å²) in [5, 5.41) is 8.16. The van der Waals surface area contributed by atoms with Crippen LogP contribution in [0, 0.1) is 0 Å². The molecule has 0 spiro atoms. The Bertz CT molecular complexity index is 1320. The fourth-order valence-corrected chi connectivity index (χ4v) is 4.45. The molecular weight excluding hydrogens is 456 g/mol. The summed E-state index contributed by atoms with van der Waals surface area (Å²) < 4.78 is 7.27. The van der Waals surface area contributed by atoms with Crippen molar-refractivity contribution in [1.29, 1.82) is 0 Å². The Morgan fingerprint density at radius 3 is 2.58 bits per heavy atom. The quantitative estimate of drug-likeness (QED) is 0.411. The monoisotopic (exact) mass is 486 g/mol. The van der Waals surface area contributed by atoms with Gasteiger partial charge in [-0.2, -0.15) is 5.10 Å². The number of rotatable bonds is 8. The fourth-order valence-electron chi connectivity index (χ4n) is 4.45. The lowest BCUT2D eigenvalue weighted by Crippen LogP contribution is -2.51. The molecule has 0 radical (unpaired) electrons.